The van der Waals surface area contributed by atoms with Crippen LogP contribution in [0.15, 0.2) is 66.1 Å². The molecular weight excluding hydrogens is 328 g/mol. The molecule has 0 fully saturated rings. The van der Waals surface area contributed by atoms with Gasteiger partial charge in [0, 0.05) is 31.5 Å². The Balaban J connectivity index is 1.55. The van der Waals surface area contributed by atoms with Crippen molar-refractivity contribution in [3.8, 4) is 5.82 Å². The number of hydrogen-bond acceptors (Lipinski definition) is 6. The van der Waals surface area contributed by atoms with E-state index in [-0.39, 0.29) is 11.4 Å². The highest BCUT2D eigenvalue weighted by molar-refractivity contribution is 7.89. The fraction of sp³-hybridized carbons (Fsp3) is 0.133. The van der Waals surface area contributed by atoms with Gasteiger partial charge in [0.05, 0.1) is 4.90 Å². The van der Waals surface area contributed by atoms with Gasteiger partial charge in [0.25, 0.3) is 0 Å². The van der Waals surface area contributed by atoms with E-state index >= 15 is 0 Å². The smallest absolute Gasteiger partial charge is 0.240 e. The summed E-state index contributed by atoms with van der Waals surface area (Å²) in [7, 11) is -3.50. The number of sulfonamides is 1. The lowest BCUT2D eigenvalue weighted by atomic mass is 10.4. The molecule has 8 nitrogen and oxygen atoms in total. The van der Waals surface area contributed by atoms with Crippen molar-refractivity contribution in [3.05, 3.63) is 61.2 Å². The highest BCUT2D eigenvalue weighted by Crippen LogP contribution is 2.08. The van der Waals surface area contributed by atoms with Crippen molar-refractivity contribution in [2.45, 2.75) is 4.90 Å². The molecule has 0 amide bonds. The van der Waals surface area contributed by atoms with Crippen molar-refractivity contribution in [1.82, 2.24) is 24.5 Å². The van der Waals surface area contributed by atoms with E-state index in [9.17, 15) is 8.42 Å². The van der Waals surface area contributed by atoms with Crippen LogP contribution in [0, 0.1) is 0 Å². The molecular formula is C15H16N6O2S. The molecule has 0 aliphatic heterocycles. The number of benzene rings is 1. The molecule has 124 valence electrons. The van der Waals surface area contributed by atoms with Gasteiger partial charge in [-0.3, -0.25) is 0 Å². The number of anilines is 1. The Morgan fingerprint density at radius 3 is 2.62 bits per heavy atom. The summed E-state index contributed by atoms with van der Waals surface area (Å²) in [5.41, 5.74) is 0. The zero-order chi connectivity index (χ0) is 16.8. The predicted molar refractivity (Wildman–Crippen MR) is 89.3 cm³/mol. The third kappa shape index (κ3) is 3.94. The first-order chi connectivity index (χ1) is 11.6. The van der Waals surface area contributed by atoms with Gasteiger partial charge < -0.3 is 5.32 Å². The Morgan fingerprint density at radius 2 is 1.88 bits per heavy atom. The summed E-state index contributed by atoms with van der Waals surface area (Å²) < 4.78 is 28.3. The molecule has 2 aromatic heterocycles. The zero-order valence-corrected chi connectivity index (χ0v) is 13.5. The van der Waals surface area contributed by atoms with E-state index in [2.05, 4.69) is 25.1 Å². The van der Waals surface area contributed by atoms with Crippen molar-refractivity contribution in [2.24, 2.45) is 0 Å². The topological polar surface area (TPSA) is 102 Å². The molecule has 0 radical (unpaired) electrons. The van der Waals surface area contributed by atoms with E-state index in [0.717, 1.165) is 0 Å². The molecule has 2 heterocycles. The summed E-state index contributed by atoms with van der Waals surface area (Å²) in [6.07, 6.45) is 4.86. The van der Waals surface area contributed by atoms with Crippen LogP contribution in [0.1, 0.15) is 0 Å². The maximum atomic E-state index is 12.1. The van der Waals surface area contributed by atoms with Crippen molar-refractivity contribution >= 4 is 15.8 Å². The first kappa shape index (κ1) is 16.1. The first-order valence-electron chi connectivity index (χ1n) is 7.26. The minimum absolute atomic E-state index is 0.234. The van der Waals surface area contributed by atoms with Gasteiger partial charge >= 0.3 is 0 Å². The van der Waals surface area contributed by atoms with Gasteiger partial charge in [-0.15, -0.1) is 0 Å². The minimum Gasteiger partial charge on any atom is -0.369 e. The van der Waals surface area contributed by atoms with Crippen LogP contribution >= 0.6 is 0 Å². The Hall–Kier alpha value is -2.78. The van der Waals surface area contributed by atoms with Crippen molar-refractivity contribution in [3.63, 3.8) is 0 Å². The van der Waals surface area contributed by atoms with Gasteiger partial charge in [-0.1, -0.05) is 18.2 Å². The van der Waals surface area contributed by atoms with Crippen LogP contribution in [-0.4, -0.2) is 41.3 Å². The maximum Gasteiger partial charge on any atom is 0.240 e. The van der Waals surface area contributed by atoms with E-state index in [1.54, 1.807) is 59.5 Å². The lowest BCUT2D eigenvalue weighted by Crippen LogP contribution is -2.29. The van der Waals surface area contributed by atoms with Crippen LogP contribution in [0.25, 0.3) is 5.82 Å². The summed E-state index contributed by atoms with van der Waals surface area (Å²) >= 11 is 0. The van der Waals surface area contributed by atoms with Crippen LogP contribution < -0.4 is 10.0 Å². The molecule has 0 saturated carbocycles. The fourth-order valence-corrected chi connectivity index (χ4v) is 3.09. The van der Waals surface area contributed by atoms with Gasteiger partial charge in [0.15, 0.2) is 5.82 Å². The summed E-state index contributed by atoms with van der Waals surface area (Å²) in [4.78, 5) is 8.47. The van der Waals surface area contributed by atoms with E-state index in [1.165, 1.54) is 6.33 Å². The minimum atomic E-state index is -3.50. The SMILES string of the molecule is O=S(=O)(NCCNc1cc(-n2cccn2)ncn1)c1ccccc1. The molecule has 0 spiro atoms. The molecule has 0 aliphatic rings. The molecule has 2 N–H and O–H groups in total. The standard InChI is InChI=1S/C15H16N6O2S/c22-24(23,13-5-2-1-3-6-13)20-9-8-16-14-11-15(18-12-17-14)21-10-4-7-19-21/h1-7,10-12,20H,8-9H2,(H,16,17,18). The number of aromatic nitrogens is 4. The maximum absolute atomic E-state index is 12.1. The zero-order valence-electron chi connectivity index (χ0n) is 12.7. The van der Waals surface area contributed by atoms with Crippen molar-refractivity contribution in [1.29, 1.82) is 0 Å². The third-order valence-corrected chi connectivity index (χ3v) is 4.65. The molecule has 24 heavy (non-hydrogen) atoms. The highest BCUT2D eigenvalue weighted by atomic mass is 32.2. The summed E-state index contributed by atoms with van der Waals surface area (Å²) in [6, 6.07) is 11.8. The van der Waals surface area contributed by atoms with Gasteiger partial charge in [0.1, 0.15) is 12.1 Å². The Kier molecular flexibility index (Phi) is 4.82. The number of nitrogens with zero attached hydrogens (tertiary/aromatic N) is 4. The molecule has 0 aliphatic carbocycles. The molecule has 0 unspecified atom stereocenters. The van der Waals surface area contributed by atoms with E-state index in [0.29, 0.717) is 18.2 Å². The molecule has 0 saturated heterocycles. The molecule has 3 rings (SSSR count). The quantitative estimate of drug-likeness (QED) is 0.621. The van der Waals surface area contributed by atoms with Crippen LogP contribution in [0.4, 0.5) is 5.82 Å². The van der Waals surface area contributed by atoms with E-state index < -0.39 is 10.0 Å². The Labute approximate surface area is 139 Å². The van der Waals surface area contributed by atoms with Gasteiger partial charge in [-0.25, -0.2) is 27.8 Å². The fourth-order valence-electron chi connectivity index (χ4n) is 2.03. The average molecular weight is 344 g/mol. The number of nitrogens with one attached hydrogen (secondary N) is 2. The number of rotatable bonds is 7. The normalized spacial score (nSPS) is 11.3. The average Bonchev–Trinajstić information content (AvgIpc) is 3.15. The molecule has 9 heteroatoms. The van der Waals surface area contributed by atoms with E-state index in [4.69, 9.17) is 0 Å². The summed E-state index contributed by atoms with van der Waals surface area (Å²) in [5.74, 6) is 1.22. The van der Waals surface area contributed by atoms with Crippen LogP contribution in [0.2, 0.25) is 0 Å². The molecule has 3 aromatic rings. The first-order valence-corrected chi connectivity index (χ1v) is 8.74. The van der Waals surface area contributed by atoms with Crippen LogP contribution in [-0.2, 0) is 10.0 Å². The molecule has 0 atom stereocenters. The molecule has 1 aromatic carbocycles. The van der Waals surface area contributed by atoms with E-state index in [1.807, 2.05) is 0 Å². The Morgan fingerprint density at radius 1 is 1.04 bits per heavy atom. The van der Waals surface area contributed by atoms with Gasteiger partial charge in [0.2, 0.25) is 10.0 Å². The lowest BCUT2D eigenvalue weighted by molar-refractivity contribution is 0.583. The van der Waals surface area contributed by atoms with Crippen molar-refractivity contribution < 1.29 is 8.42 Å². The second-order valence-electron chi connectivity index (χ2n) is 4.85. The van der Waals surface area contributed by atoms with Gasteiger partial charge in [-0.05, 0) is 18.2 Å². The molecule has 0 bridgehead atoms. The monoisotopic (exact) mass is 344 g/mol. The number of hydrogen-bond donors (Lipinski definition) is 2. The summed E-state index contributed by atoms with van der Waals surface area (Å²) in [5, 5.41) is 7.15. The lowest BCUT2D eigenvalue weighted by Gasteiger charge is -2.09. The second-order valence-corrected chi connectivity index (χ2v) is 6.62. The van der Waals surface area contributed by atoms with Crippen LogP contribution in [0.3, 0.4) is 0 Å². The Bertz CT molecular complexity index is 881. The third-order valence-electron chi connectivity index (χ3n) is 3.17. The largest absolute Gasteiger partial charge is 0.369 e. The van der Waals surface area contributed by atoms with Crippen LogP contribution in [0.5, 0.6) is 0 Å². The predicted octanol–water partition coefficient (Wildman–Crippen LogP) is 1.05. The highest BCUT2D eigenvalue weighted by Gasteiger charge is 2.11. The second kappa shape index (κ2) is 7.20. The summed E-state index contributed by atoms with van der Waals surface area (Å²) in [6.45, 7) is 0.625. The van der Waals surface area contributed by atoms with Crippen molar-refractivity contribution in [2.75, 3.05) is 18.4 Å². The van der Waals surface area contributed by atoms with Gasteiger partial charge in [-0.2, -0.15) is 5.10 Å².